The molecule has 4 aromatic rings. The maximum Gasteiger partial charge on any atom is 0.410 e. The first-order valence-corrected chi connectivity index (χ1v) is 13.5. The first-order valence-electron chi connectivity index (χ1n) is 13.1. The highest BCUT2D eigenvalue weighted by Gasteiger charge is 2.28. The van der Waals surface area contributed by atoms with E-state index in [1.165, 1.54) is 5.56 Å². The van der Waals surface area contributed by atoms with Gasteiger partial charge in [-0.15, -0.1) is 0 Å². The Morgan fingerprint density at radius 2 is 1.87 bits per heavy atom. The maximum absolute atomic E-state index is 12.5. The smallest absolute Gasteiger partial charge is 0.410 e. The maximum atomic E-state index is 12.5. The number of amides is 1. The van der Waals surface area contributed by atoms with Crippen LogP contribution in [0, 0.1) is 0 Å². The van der Waals surface area contributed by atoms with Crippen molar-refractivity contribution in [3.8, 4) is 11.3 Å². The van der Waals surface area contributed by atoms with Crippen LogP contribution in [0.3, 0.4) is 0 Å². The molecule has 1 fully saturated rings. The molecule has 0 spiro atoms. The summed E-state index contributed by atoms with van der Waals surface area (Å²) in [5.74, 6) is 1.06. The van der Waals surface area contributed by atoms with Crippen LogP contribution in [0.4, 0.5) is 10.6 Å². The minimum atomic E-state index is -0.491. The first kappa shape index (κ1) is 26.0. The molecule has 0 radical (unpaired) electrons. The van der Waals surface area contributed by atoms with Gasteiger partial charge in [-0.05, 0) is 70.4 Å². The third-order valence-electron chi connectivity index (χ3n) is 6.90. The number of carbonyl (C=O) groups excluding carboxylic acids is 1. The van der Waals surface area contributed by atoms with Crippen LogP contribution in [0.2, 0.25) is 5.02 Å². The number of benzene rings is 1. The summed E-state index contributed by atoms with van der Waals surface area (Å²) in [7, 11) is 0. The predicted octanol–water partition coefficient (Wildman–Crippen LogP) is 7.57. The first-order chi connectivity index (χ1) is 18.2. The molecule has 1 saturated heterocycles. The Hall–Kier alpha value is -3.58. The van der Waals surface area contributed by atoms with E-state index < -0.39 is 5.60 Å². The number of aromatic amines is 1. The number of fused-ring (bicyclic) bond motifs is 1. The van der Waals surface area contributed by atoms with Crippen LogP contribution in [-0.2, 0) is 4.74 Å². The van der Waals surface area contributed by atoms with Crippen molar-refractivity contribution >= 4 is 34.5 Å². The molecular formula is C30H34ClN5O2. The monoisotopic (exact) mass is 531 g/mol. The summed E-state index contributed by atoms with van der Waals surface area (Å²) in [5, 5.41) is 5.06. The zero-order chi connectivity index (χ0) is 26.9. The van der Waals surface area contributed by atoms with Crippen LogP contribution < -0.4 is 5.32 Å². The molecule has 0 saturated carbocycles. The molecule has 1 aliphatic heterocycles. The van der Waals surface area contributed by atoms with E-state index in [4.69, 9.17) is 21.3 Å². The van der Waals surface area contributed by atoms with Gasteiger partial charge in [0.2, 0.25) is 0 Å². The van der Waals surface area contributed by atoms with Crippen LogP contribution >= 0.6 is 11.6 Å². The lowest BCUT2D eigenvalue weighted by molar-refractivity contribution is 0.0204. The third-order valence-corrected chi connectivity index (χ3v) is 7.21. The summed E-state index contributed by atoms with van der Waals surface area (Å²) in [5.41, 5.74) is 4.27. The standard InChI is InChI=1S/C30H34ClN5O2/c1-19(20-8-6-5-7-9-20)33-26-11-10-24(31)27(35-26)22-12-15-32-28-23(22)18-25(34-28)21-13-16-36(17-14-21)29(37)38-30(2,3)4/h5-12,15,18-19,21H,13-14,16-17H2,1-4H3,(H,32,34)(H,33,35)/t19-/m0/s1. The number of nitrogens with zero attached hydrogens (tertiary/aromatic N) is 3. The highest BCUT2D eigenvalue weighted by molar-refractivity contribution is 6.33. The largest absolute Gasteiger partial charge is 0.444 e. The molecule has 198 valence electrons. The summed E-state index contributed by atoms with van der Waals surface area (Å²) < 4.78 is 5.55. The number of ether oxygens (including phenoxy) is 1. The van der Waals surface area contributed by atoms with Crippen LogP contribution in [0.1, 0.15) is 63.8 Å². The van der Waals surface area contributed by atoms with Crippen molar-refractivity contribution in [1.29, 1.82) is 0 Å². The normalized spacial score (nSPS) is 15.4. The van der Waals surface area contributed by atoms with E-state index in [1.807, 2.05) is 57.2 Å². The van der Waals surface area contributed by atoms with Gasteiger partial charge >= 0.3 is 6.09 Å². The average molecular weight is 532 g/mol. The Balaban J connectivity index is 1.36. The van der Waals surface area contributed by atoms with Crippen LogP contribution in [0.5, 0.6) is 0 Å². The van der Waals surface area contributed by atoms with Crippen molar-refractivity contribution in [2.75, 3.05) is 18.4 Å². The number of piperidine rings is 1. The Morgan fingerprint density at radius 1 is 1.13 bits per heavy atom. The number of carbonyl (C=O) groups is 1. The molecular weight excluding hydrogens is 498 g/mol. The lowest BCUT2D eigenvalue weighted by atomic mass is 9.93. The fourth-order valence-electron chi connectivity index (χ4n) is 4.93. The molecule has 3 aromatic heterocycles. The molecule has 8 heteroatoms. The Labute approximate surface area is 228 Å². The van der Waals surface area contributed by atoms with Gasteiger partial charge in [0.05, 0.1) is 10.7 Å². The zero-order valence-electron chi connectivity index (χ0n) is 22.3. The second-order valence-electron chi connectivity index (χ2n) is 10.9. The van der Waals surface area contributed by atoms with Crippen molar-refractivity contribution in [2.24, 2.45) is 0 Å². The molecule has 7 nitrogen and oxygen atoms in total. The van der Waals surface area contributed by atoms with Crippen LogP contribution in [0.25, 0.3) is 22.3 Å². The topological polar surface area (TPSA) is 83.1 Å². The van der Waals surface area contributed by atoms with Gasteiger partial charge in [-0.2, -0.15) is 0 Å². The number of pyridine rings is 2. The highest BCUT2D eigenvalue weighted by Crippen LogP contribution is 2.36. The van der Waals surface area contributed by atoms with E-state index in [0.717, 1.165) is 46.6 Å². The van der Waals surface area contributed by atoms with Crippen molar-refractivity contribution in [1.82, 2.24) is 19.9 Å². The summed E-state index contributed by atoms with van der Waals surface area (Å²) in [6, 6.07) is 18.3. The number of anilines is 1. The zero-order valence-corrected chi connectivity index (χ0v) is 23.0. The molecule has 4 heterocycles. The lowest BCUT2D eigenvalue weighted by Crippen LogP contribution is -2.41. The van der Waals surface area contributed by atoms with Gasteiger partial charge in [-0.25, -0.2) is 14.8 Å². The number of likely N-dealkylation sites (tertiary alicyclic amines) is 1. The van der Waals surface area contributed by atoms with Crippen LogP contribution in [0.15, 0.2) is 60.8 Å². The Kier molecular flexibility index (Phi) is 7.30. The SMILES string of the molecule is C[C@H](Nc1ccc(Cl)c(-c2ccnc3[nH]c(C4CCN(C(=O)OC(C)(C)C)CC4)cc23)n1)c1ccccc1. The Morgan fingerprint density at radius 3 is 2.58 bits per heavy atom. The van der Waals surface area contributed by atoms with Crippen molar-refractivity contribution < 1.29 is 9.53 Å². The van der Waals surface area contributed by atoms with Gasteiger partial charge in [-0.1, -0.05) is 41.9 Å². The second-order valence-corrected chi connectivity index (χ2v) is 11.3. The van der Waals surface area contributed by atoms with E-state index in [0.29, 0.717) is 24.0 Å². The quantitative estimate of drug-likeness (QED) is 0.277. The van der Waals surface area contributed by atoms with Gasteiger partial charge in [0.1, 0.15) is 17.1 Å². The summed E-state index contributed by atoms with van der Waals surface area (Å²) >= 11 is 6.66. The average Bonchev–Trinajstić information content (AvgIpc) is 3.34. The molecule has 38 heavy (non-hydrogen) atoms. The molecule has 1 amide bonds. The summed E-state index contributed by atoms with van der Waals surface area (Å²) in [6.45, 7) is 9.12. The van der Waals surface area contributed by atoms with E-state index in [2.05, 4.69) is 40.4 Å². The minimum absolute atomic E-state index is 0.0978. The van der Waals surface area contributed by atoms with Crippen molar-refractivity contribution in [3.05, 3.63) is 77.1 Å². The van der Waals surface area contributed by atoms with E-state index in [1.54, 1.807) is 11.1 Å². The molecule has 2 N–H and O–H groups in total. The third kappa shape index (κ3) is 5.78. The number of hydrogen-bond donors (Lipinski definition) is 2. The lowest BCUT2D eigenvalue weighted by Gasteiger charge is -2.33. The van der Waals surface area contributed by atoms with Crippen molar-refractivity contribution in [3.63, 3.8) is 0 Å². The van der Waals surface area contributed by atoms with Gasteiger partial charge in [-0.3, -0.25) is 0 Å². The number of nitrogens with one attached hydrogen (secondary N) is 2. The van der Waals surface area contributed by atoms with E-state index >= 15 is 0 Å². The van der Waals surface area contributed by atoms with Crippen LogP contribution in [-0.4, -0.2) is 44.6 Å². The highest BCUT2D eigenvalue weighted by atomic mass is 35.5. The molecule has 1 aliphatic rings. The Bertz CT molecular complexity index is 1420. The minimum Gasteiger partial charge on any atom is -0.444 e. The molecule has 1 atom stereocenters. The molecule has 0 bridgehead atoms. The van der Waals surface area contributed by atoms with Gasteiger partial charge in [0.15, 0.2) is 0 Å². The predicted molar refractivity (Wildman–Crippen MR) is 153 cm³/mol. The molecule has 1 aromatic carbocycles. The fourth-order valence-corrected chi connectivity index (χ4v) is 5.14. The van der Waals surface area contributed by atoms with Gasteiger partial charge < -0.3 is 19.9 Å². The van der Waals surface area contributed by atoms with E-state index in [9.17, 15) is 4.79 Å². The number of rotatable bonds is 5. The number of hydrogen-bond acceptors (Lipinski definition) is 5. The second kappa shape index (κ2) is 10.7. The summed E-state index contributed by atoms with van der Waals surface area (Å²) in [4.78, 5) is 27.3. The van der Waals surface area contributed by atoms with Gasteiger partial charge in [0, 0.05) is 47.9 Å². The molecule has 0 unspecified atom stereocenters. The number of aromatic nitrogens is 3. The molecule has 5 rings (SSSR count). The fraction of sp³-hybridized carbons (Fsp3) is 0.367. The van der Waals surface area contributed by atoms with E-state index in [-0.39, 0.29) is 12.1 Å². The summed E-state index contributed by atoms with van der Waals surface area (Å²) in [6.07, 6.45) is 3.26. The number of H-pyrrole nitrogens is 1. The van der Waals surface area contributed by atoms with Crippen molar-refractivity contribution in [2.45, 2.75) is 58.1 Å². The van der Waals surface area contributed by atoms with Gasteiger partial charge in [0.25, 0.3) is 0 Å². The molecule has 0 aliphatic carbocycles. The number of halogens is 1.